The number of hydrogen-bond acceptors (Lipinski definition) is 7. The Bertz CT molecular complexity index is 1200. The fourth-order valence-corrected chi connectivity index (χ4v) is 3.43. The predicted octanol–water partition coefficient (Wildman–Crippen LogP) is 4.80. The Morgan fingerprint density at radius 3 is 2.77 bits per heavy atom. The summed E-state index contributed by atoms with van der Waals surface area (Å²) in [6.07, 6.45) is 2.03. The van der Waals surface area contributed by atoms with Gasteiger partial charge in [0.25, 0.3) is 0 Å². The number of benzene rings is 2. The Labute approximate surface area is 183 Å². The minimum Gasteiger partial charge on any atom is -0.496 e. The standard InChI is InChI=1S/C23H18ClNO6/c1-13-9-16(29-21(26)8-7-15-12-20(24)25-31-15)11-18-22(13)23(27)19(30-18)10-14-5-3-4-6-17(14)28-2/h3-6,9-12H,7-8H2,1-2H3/b19-10-. The summed E-state index contributed by atoms with van der Waals surface area (Å²) in [6, 6.07) is 12.0. The average molecular weight is 440 g/mol. The molecule has 0 aliphatic carbocycles. The molecular weight excluding hydrogens is 422 g/mol. The van der Waals surface area contributed by atoms with Crippen LogP contribution in [0.3, 0.4) is 0 Å². The zero-order valence-corrected chi connectivity index (χ0v) is 17.6. The van der Waals surface area contributed by atoms with Crippen LogP contribution >= 0.6 is 11.6 Å². The highest BCUT2D eigenvalue weighted by atomic mass is 35.5. The topological polar surface area (TPSA) is 87.9 Å². The third-order valence-corrected chi connectivity index (χ3v) is 4.88. The number of fused-ring (bicyclic) bond motifs is 1. The Kier molecular flexibility index (Phi) is 5.77. The summed E-state index contributed by atoms with van der Waals surface area (Å²) in [5.41, 5.74) is 1.81. The Balaban J connectivity index is 1.50. The van der Waals surface area contributed by atoms with Crippen molar-refractivity contribution < 1.29 is 28.3 Å². The summed E-state index contributed by atoms with van der Waals surface area (Å²) in [7, 11) is 1.56. The number of ether oxygens (including phenoxy) is 3. The number of allylic oxidation sites excluding steroid dienone is 1. The third-order valence-electron chi connectivity index (χ3n) is 4.71. The van der Waals surface area contributed by atoms with Crippen LogP contribution in [0.1, 0.15) is 33.7 Å². The minimum absolute atomic E-state index is 0.0837. The summed E-state index contributed by atoms with van der Waals surface area (Å²) >= 11 is 5.69. The van der Waals surface area contributed by atoms with Crippen molar-refractivity contribution in [1.29, 1.82) is 0 Å². The second kappa shape index (κ2) is 8.65. The van der Waals surface area contributed by atoms with Crippen molar-refractivity contribution in [3.05, 3.63) is 75.8 Å². The van der Waals surface area contributed by atoms with Gasteiger partial charge in [-0.2, -0.15) is 0 Å². The van der Waals surface area contributed by atoms with Gasteiger partial charge in [0.1, 0.15) is 23.0 Å². The molecule has 0 amide bonds. The molecule has 1 aromatic heterocycles. The van der Waals surface area contributed by atoms with Gasteiger partial charge in [0.2, 0.25) is 5.78 Å². The number of rotatable bonds is 6. The van der Waals surface area contributed by atoms with Gasteiger partial charge in [-0.1, -0.05) is 35.0 Å². The monoisotopic (exact) mass is 439 g/mol. The quantitative estimate of drug-likeness (QED) is 0.309. The number of esters is 1. The molecule has 3 aromatic rings. The zero-order valence-electron chi connectivity index (χ0n) is 16.8. The average Bonchev–Trinajstić information content (AvgIpc) is 3.30. The number of ketones is 1. The van der Waals surface area contributed by atoms with E-state index in [4.69, 9.17) is 30.3 Å². The van der Waals surface area contributed by atoms with Crippen LogP contribution in [-0.2, 0) is 11.2 Å². The molecule has 0 radical (unpaired) electrons. The van der Waals surface area contributed by atoms with E-state index in [0.717, 1.165) is 5.56 Å². The van der Waals surface area contributed by atoms with Gasteiger partial charge in [-0.3, -0.25) is 9.59 Å². The highest BCUT2D eigenvalue weighted by Crippen LogP contribution is 2.38. The normalized spacial score (nSPS) is 13.8. The Hall–Kier alpha value is -3.58. The van der Waals surface area contributed by atoms with Crippen molar-refractivity contribution in [2.24, 2.45) is 0 Å². The van der Waals surface area contributed by atoms with E-state index in [1.54, 1.807) is 38.3 Å². The van der Waals surface area contributed by atoms with Gasteiger partial charge < -0.3 is 18.7 Å². The van der Waals surface area contributed by atoms with Crippen LogP contribution in [0.25, 0.3) is 6.08 Å². The first kappa shape index (κ1) is 20.7. The van der Waals surface area contributed by atoms with Crippen molar-refractivity contribution in [2.75, 3.05) is 7.11 Å². The molecule has 2 heterocycles. The van der Waals surface area contributed by atoms with Crippen LogP contribution in [0.5, 0.6) is 17.2 Å². The zero-order chi connectivity index (χ0) is 22.0. The van der Waals surface area contributed by atoms with E-state index in [-0.39, 0.29) is 23.1 Å². The molecule has 0 saturated heterocycles. The molecular formula is C23H18ClNO6. The number of carbonyl (C=O) groups is 2. The summed E-state index contributed by atoms with van der Waals surface area (Å²) in [4.78, 5) is 25.0. The summed E-state index contributed by atoms with van der Waals surface area (Å²) < 4.78 is 21.5. The van der Waals surface area contributed by atoms with E-state index in [0.29, 0.717) is 40.6 Å². The van der Waals surface area contributed by atoms with E-state index >= 15 is 0 Å². The number of aryl methyl sites for hydroxylation is 2. The van der Waals surface area contributed by atoms with Gasteiger partial charge in [0, 0.05) is 24.1 Å². The number of halogens is 1. The molecule has 7 nitrogen and oxygen atoms in total. The lowest BCUT2D eigenvalue weighted by molar-refractivity contribution is -0.134. The van der Waals surface area contributed by atoms with Gasteiger partial charge in [-0.05, 0) is 30.7 Å². The molecule has 4 rings (SSSR count). The predicted molar refractivity (Wildman–Crippen MR) is 113 cm³/mol. The second-order valence-electron chi connectivity index (χ2n) is 6.89. The molecule has 0 fully saturated rings. The fourth-order valence-electron chi connectivity index (χ4n) is 3.28. The number of carbonyl (C=O) groups excluding carboxylic acids is 2. The molecule has 0 N–H and O–H groups in total. The molecule has 1 aliphatic heterocycles. The van der Waals surface area contributed by atoms with Crippen LogP contribution in [-0.4, -0.2) is 24.0 Å². The van der Waals surface area contributed by atoms with Crippen LogP contribution in [0, 0.1) is 6.92 Å². The Morgan fingerprint density at radius 1 is 1.23 bits per heavy atom. The van der Waals surface area contributed by atoms with Crippen molar-refractivity contribution >= 4 is 29.4 Å². The van der Waals surface area contributed by atoms with Crippen LogP contribution in [0.4, 0.5) is 0 Å². The van der Waals surface area contributed by atoms with E-state index in [1.165, 1.54) is 6.07 Å². The molecule has 0 saturated carbocycles. The van der Waals surface area contributed by atoms with Gasteiger partial charge in [0.15, 0.2) is 10.9 Å². The smallest absolute Gasteiger partial charge is 0.311 e. The van der Waals surface area contributed by atoms with Gasteiger partial charge in [-0.15, -0.1) is 0 Å². The molecule has 2 aromatic carbocycles. The van der Waals surface area contributed by atoms with Crippen molar-refractivity contribution in [3.63, 3.8) is 0 Å². The van der Waals surface area contributed by atoms with Gasteiger partial charge in [0.05, 0.1) is 19.1 Å². The minimum atomic E-state index is -0.457. The summed E-state index contributed by atoms with van der Waals surface area (Å²) in [5, 5.41) is 3.79. The molecule has 8 heteroatoms. The number of hydrogen-bond donors (Lipinski definition) is 0. The second-order valence-corrected chi connectivity index (χ2v) is 7.27. The highest BCUT2D eigenvalue weighted by molar-refractivity contribution is 6.29. The fraction of sp³-hybridized carbons (Fsp3) is 0.174. The largest absolute Gasteiger partial charge is 0.496 e. The highest BCUT2D eigenvalue weighted by Gasteiger charge is 2.30. The number of Topliss-reactive ketones (excluding diaryl/α,β-unsaturated/α-hetero) is 1. The van der Waals surface area contributed by atoms with Crippen molar-refractivity contribution in [2.45, 2.75) is 19.8 Å². The van der Waals surface area contributed by atoms with Crippen LogP contribution < -0.4 is 14.2 Å². The first-order valence-electron chi connectivity index (χ1n) is 9.48. The maximum Gasteiger partial charge on any atom is 0.311 e. The van der Waals surface area contributed by atoms with E-state index in [9.17, 15) is 9.59 Å². The van der Waals surface area contributed by atoms with Gasteiger partial charge >= 0.3 is 5.97 Å². The van der Waals surface area contributed by atoms with E-state index in [1.807, 2.05) is 18.2 Å². The number of methoxy groups -OCH3 is 1. The third kappa shape index (κ3) is 4.46. The lowest BCUT2D eigenvalue weighted by Crippen LogP contribution is -2.09. The molecule has 31 heavy (non-hydrogen) atoms. The molecule has 0 unspecified atom stereocenters. The molecule has 0 bridgehead atoms. The number of nitrogens with zero attached hydrogens (tertiary/aromatic N) is 1. The van der Waals surface area contributed by atoms with Crippen molar-refractivity contribution in [3.8, 4) is 17.2 Å². The first-order valence-corrected chi connectivity index (χ1v) is 9.86. The SMILES string of the molecule is COc1ccccc1/C=C1\Oc2cc(OC(=O)CCc3cc(Cl)no3)cc(C)c2C1=O. The molecule has 0 atom stereocenters. The molecule has 158 valence electrons. The summed E-state index contributed by atoms with van der Waals surface area (Å²) in [6.45, 7) is 1.76. The lowest BCUT2D eigenvalue weighted by atomic mass is 10.0. The summed E-state index contributed by atoms with van der Waals surface area (Å²) in [5.74, 6) is 1.24. The van der Waals surface area contributed by atoms with Gasteiger partial charge in [-0.25, -0.2) is 0 Å². The number of para-hydroxylation sites is 1. The number of aromatic nitrogens is 1. The first-order chi connectivity index (χ1) is 14.9. The maximum atomic E-state index is 12.8. The van der Waals surface area contributed by atoms with Crippen LogP contribution in [0.2, 0.25) is 5.15 Å². The van der Waals surface area contributed by atoms with E-state index < -0.39 is 5.97 Å². The maximum absolute atomic E-state index is 12.8. The Morgan fingerprint density at radius 2 is 2.03 bits per heavy atom. The van der Waals surface area contributed by atoms with Crippen molar-refractivity contribution in [1.82, 2.24) is 5.16 Å². The van der Waals surface area contributed by atoms with E-state index in [2.05, 4.69) is 5.16 Å². The van der Waals surface area contributed by atoms with Crippen LogP contribution in [0.15, 0.2) is 52.7 Å². The lowest BCUT2D eigenvalue weighted by Gasteiger charge is -2.07. The molecule has 0 spiro atoms. The molecule has 1 aliphatic rings.